The van der Waals surface area contributed by atoms with Crippen LogP contribution in [0.3, 0.4) is 0 Å². The summed E-state index contributed by atoms with van der Waals surface area (Å²) in [7, 11) is 3.18. The first-order chi connectivity index (χ1) is 13.2. The Bertz CT molecular complexity index is 1020. The van der Waals surface area contributed by atoms with Crippen molar-refractivity contribution in [3.05, 3.63) is 59.9 Å². The number of fused-ring (bicyclic) bond motifs is 1. The highest BCUT2D eigenvalue weighted by Crippen LogP contribution is 2.33. The number of carbonyl (C=O) groups excluding carboxylic acids is 1. The van der Waals surface area contributed by atoms with Gasteiger partial charge in [-0.05, 0) is 12.1 Å². The highest BCUT2D eigenvalue weighted by Gasteiger charge is 2.13. The molecule has 0 saturated heterocycles. The fourth-order valence-electron chi connectivity index (χ4n) is 2.59. The molecule has 3 aromatic rings. The second-order valence-corrected chi connectivity index (χ2v) is 6.58. The Morgan fingerprint density at radius 3 is 2.56 bits per heavy atom. The third kappa shape index (κ3) is 4.20. The van der Waals surface area contributed by atoms with Gasteiger partial charge in [0.2, 0.25) is 0 Å². The van der Waals surface area contributed by atoms with Crippen LogP contribution in [0.25, 0.3) is 10.2 Å². The minimum Gasteiger partial charge on any atom is -0.493 e. The van der Waals surface area contributed by atoms with Crippen molar-refractivity contribution in [1.82, 2.24) is 4.57 Å². The molecule has 7 heteroatoms. The SMILES string of the molecule is C=CCn1c(=NC(=O)COc2ccccc2)sc2cc(OC)c(OC)cc21. The molecule has 3 rings (SSSR count). The summed E-state index contributed by atoms with van der Waals surface area (Å²) in [5.74, 6) is 1.51. The molecule has 0 aliphatic carbocycles. The van der Waals surface area contributed by atoms with Gasteiger partial charge in [0.25, 0.3) is 5.91 Å². The first-order valence-corrected chi connectivity index (χ1v) is 9.09. The molecular weight excluding hydrogens is 364 g/mol. The quantitative estimate of drug-likeness (QED) is 0.586. The topological polar surface area (TPSA) is 62.1 Å². The van der Waals surface area contributed by atoms with E-state index < -0.39 is 0 Å². The Morgan fingerprint density at radius 2 is 1.89 bits per heavy atom. The van der Waals surface area contributed by atoms with Crippen LogP contribution in [0, 0.1) is 0 Å². The first kappa shape index (κ1) is 18.7. The highest BCUT2D eigenvalue weighted by atomic mass is 32.1. The number of hydrogen-bond acceptors (Lipinski definition) is 5. The number of rotatable bonds is 7. The molecule has 1 heterocycles. The first-order valence-electron chi connectivity index (χ1n) is 8.28. The largest absolute Gasteiger partial charge is 0.493 e. The van der Waals surface area contributed by atoms with E-state index in [4.69, 9.17) is 14.2 Å². The molecule has 0 atom stereocenters. The monoisotopic (exact) mass is 384 g/mol. The van der Waals surface area contributed by atoms with Crippen LogP contribution in [0.4, 0.5) is 0 Å². The number of carbonyl (C=O) groups is 1. The molecule has 1 amide bonds. The van der Waals surface area contributed by atoms with Crippen molar-refractivity contribution in [2.24, 2.45) is 4.99 Å². The average Bonchev–Trinajstić information content (AvgIpc) is 3.02. The fourth-order valence-corrected chi connectivity index (χ4v) is 3.66. The second kappa shape index (κ2) is 8.55. The van der Waals surface area contributed by atoms with Crippen LogP contribution < -0.4 is 19.0 Å². The number of thiazole rings is 1. The molecule has 0 spiro atoms. The van der Waals surface area contributed by atoms with E-state index in [0.717, 1.165) is 10.2 Å². The zero-order valence-electron chi connectivity index (χ0n) is 15.2. The molecule has 2 aromatic carbocycles. The van der Waals surface area contributed by atoms with Crippen LogP contribution in [-0.4, -0.2) is 31.3 Å². The van der Waals surface area contributed by atoms with Crippen molar-refractivity contribution in [1.29, 1.82) is 0 Å². The smallest absolute Gasteiger partial charge is 0.286 e. The summed E-state index contributed by atoms with van der Waals surface area (Å²) < 4.78 is 19.1. The summed E-state index contributed by atoms with van der Waals surface area (Å²) in [4.78, 5) is 17.1. The van der Waals surface area contributed by atoms with Crippen LogP contribution in [-0.2, 0) is 11.3 Å². The van der Waals surface area contributed by atoms with Crippen molar-refractivity contribution < 1.29 is 19.0 Å². The van der Waals surface area contributed by atoms with Gasteiger partial charge in [-0.3, -0.25) is 4.79 Å². The van der Waals surface area contributed by atoms with Gasteiger partial charge < -0.3 is 18.8 Å². The summed E-state index contributed by atoms with van der Waals surface area (Å²) in [6, 6.07) is 12.9. The molecule has 140 valence electrons. The van der Waals surface area contributed by atoms with Crippen LogP contribution in [0.1, 0.15) is 0 Å². The molecule has 0 bridgehead atoms. The normalized spacial score (nSPS) is 11.4. The fraction of sp³-hybridized carbons (Fsp3) is 0.200. The predicted octanol–water partition coefficient (Wildman–Crippen LogP) is 3.41. The lowest BCUT2D eigenvalue weighted by atomic mass is 10.3. The Morgan fingerprint density at radius 1 is 1.19 bits per heavy atom. The van der Waals surface area contributed by atoms with Crippen LogP contribution >= 0.6 is 11.3 Å². The molecule has 6 nitrogen and oxygen atoms in total. The standard InChI is InChI=1S/C20H20N2O4S/c1-4-10-22-15-11-16(24-2)17(25-3)12-18(15)27-20(22)21-19(23)13-26-14-8-6-5-7-9-14/h4-9,11-12H,1,10,13H2,2-3H3. The summed E-state index contributed by atoms with van der Waals surface area (Å²) in [6.45, 7) is 4.18. The van der Waals surface area contributed by atoms with Gasteiger partial charge in [-0.15, -0.1) is 6.58 Å². The number of amides is 1. The van der Waals surface area contributed by atoms with E-state index in [1.54, 1.807) is 32.4 Å². The van der Waals surface area contributed by atoms with Crippen molar-refractivity contribution in [2.75, 3.05) is 20.8 Å². The van der Waals surface area contributed by atoms with Gasteiger partial charge in [0.15, 0.2) is 22.9 Å². The molecule has 27 heavy (non-hydrogen) atoms. The molecular formula is C20H20N2O4S. The lowest BCUT2D eigenvalue weighted by molar-refractivity contribution is -0.120. The van der Waals surface area contributed by atoms with Crippen LogP contribution in [0.5, 0.6) is 17.2 Å². The number of aromatic nitrogens is 1. The van der Waals surface area contributed by atoms with E-state index in [1.165, 1.54) is 11.3 Å². The summed E-state index contributed by atoms with van der Waals surface area (Å²) >= 11 is 1.40. The van der Waals surface area contributed by atoms with E-state index in [2.05, 4.69) is 11.6 Å². The molecule has 0 N–H and O–H groups in total. The van der Waals surface area contributed by atoms with E-state index in [0.29, 0.717) is 28.6 Å². The average molecular weight is 384 g/mol. The molecule has 0 radical (unpaired) electrons. The van der Waals surface area contributed by atoms with Gasteiger partial charge in [-0.2, -0.15) is 4.99 Å². The van der Waals surface area contributed by atoms with Gasteiger partial charge in [-0.1, -0.05) is 35.6 Å². The number of para-hydroxylation sites is 1. The van der Waals surface area contributed by atoms with Gasteiger partial charge in [0.1, 0.15) is 5.75 Å². The Labute approximate surface area is 161 Å². The Hall–Kier alpha value is -3.06. The molecule has 0 unspecified atom stereocenters. The molecule has 1 aromatic heterocycles. The third-order valence-electron chi connectivity index (χ3n) is 3.83. The minimum atomic E-state index is -0.359. The van der Waals surface area contributed by atoms with Gasteiger partial charge in [0.05, 0.1) is 24.4 Å². The zero-order valence-corrected chi connectivity index (χ0v) is 16.0. The van der Waals surface area contributed by atoms with E-state index in [9.17, 15) is 4.79 Å². The highest BCUT2D eigenvalue weighted by molar-refractivity contribution is 7.16. The van der Waals surface area contributed by atoms with Gasteiger partial charge in [0, 0.05) is 18.7 Å². The van der Waals surface area contributed by atoms with Crippen molar-refractivity contribution in [2.45, 2.75) is 6.54 Å². The van der Waals surface area contributed by atoms with Crippen molar-refractivity contribution >= 4 is 27.5 Å². The molecule has 0 fully saturated rings. The second-order valence-electron chi connectivity index (χ2n) is 5.57. The predicted molar refractivity (Wildman–Crippen MR) is 106 cm³/mol. The zero-order chi connectivity index (χ0) is 19.2. The summed E-state index contributed by atoms with van der Waals surface area (Å²) in [6.07, 6.45) is 1.76. The maximum atomic E-state index is 12.3. The lowest BCUT2D eigenvalue weighted by Gasteiger charge is -2.08. The Balaban J connectivity index is 1.96. The van der Waals surface area contributed by atoms with Crippen molar-refractivity contribution in [3.63, 3.8) is 0 Å². The third-order valence-corrected chi connectivity index (χ3v) is 4.87. The number of allylic oxidation sites excluding steroid dienone is 1. The summed E-state index contributed by atoms with van der Waals surface area (Å²) in [5, 5.41) is 0. The van der Waals surface area contributed by atoms with Crippen LogP contribution in [0.2, 0.25) is 0 Å². The molecule has 0 aliphatic rings. The van der Waals surface area contributed by atoms with E-state index in [1.807, 2.05) is 34.9 Å². The van der Waals surface area contributed by atoms with E-state index >= 15 is 0 Å². The number of nitrogens with zero attached hydrogens (tertiary/aromatic N) is 2. The Kier molecular flexibility index (Phi) is 5.93. The number of ether oxygens (including phenoxy) is 3. The molecule has 0 saturated carbocycles. The maximum Gasteiger partial charge on any atom is 0.286 e. The number of benzene rings is 2. The van der Waals surface area contributed by atoms with Crippen LogP contribution in [0.15, 0.2) is 60.1 Å². The lowest BCUT2D eigenvalue weighted by Crippen LogP contribution is -2.19. The van der Waals surface area contributed by atoms with E-state index in [-0.39, 0.29) is 12.5 Å². The summed E-state index contributed by atoms with van der Waals surface area (Å²) in [5.41, 5.74) is 0.896. The van der Waals surface area contributed by atoms with Gasteiger partial charge >= 0.3 is 0 Å². The van der Waals surface area contributed by atoms with Crippen molar-refractivity contribution in [3.8, 4) is 17.2 Å². The number of hydrogen-bond donors (Lipinski definition) is 0. The number of methoxy groups -OCH3 is 2. The maximum absolute atomic E-state index is 12.3. The molecule has 0 aliphatic heterocycles. The minimum absolute atomic E-state index is 0.126. The van der Waals surface area contributed by atoms with Gasteiger partial charge in [-0.25, -0.2) is 0 Å².